The Labute approximate surface area is 165 Å². The number of nitrogens with zero attached hydrogens (tertiary/aromatic N) is 4. The van der Waals surface area contributed by atoms with Crippen LogP contribution in [0.3, 0.4) is 0 Å². The number of rotatable bonds is 3. The molecule has 0 N–H and O–H groups in total. The van der Waals surface area contributed by atoms with Crippen LogP contribution < -0.4 is 0 Å². The van der Waals surface area contributed by atoms with Crippen molar-refractivity contribution in [3.63, 3.8) is 0 Å². The first-order valence-electron chi connectivity index (χ1n) is 8.73. The van der Waals surface area contributed by atoms with E-state index in [-0.39, 0.29) is 12.1 Å². The minimum absolute atomic E-state index is 0.178. The molecule has 1 aliphatic rings. The second kappa shape index (κ2) is 7.48. The van der Waals surface area contributed by atoms with E-state index in [1.807, 2.05) is 17.0 Å². The Bertz CT molecular complexity index is 989. The van der Waals surface area contributed by atoms with E-state index in [9.17, 15) is 13.2 Å². The van der Waals surface area contributed by atoms with Gasteiger partial charge in [0, 0.05) is 60.8 Å². The smallest absolute Gasteiger partial charge is 0.294 e. The molecule has 0 saturated carbocycles. The number of benzene rings is 1. The molecular weight excluding hydrogens is 389 g/mol. The summed E-state index contributed by atoms with van der Waals surface area (Å²) in [5.74, 6) is 0.621. The Morgan fingerprint density at radius 1 is 1.07 bits per heavy atom. The monoisotopic (exact) mass is 404 g/mol. The zero-order valence-electron chi connectivity index (χ0n) is 14.7. The minimum Gasteiger partial charge on any atom is -0.294 e. The average molecular weight is 405 g/mol. The highest BCUT2D eigenvalue weighted by Crippen LogP contribution is 2.32. The molecule has 0 bridgehead atoms. The van der Waals surface area contributed by atoms with Crippen LogP contribution in [-0.4, -0.2) is 26.4 Å². The van der Waals surface area contributed by atoms with E-state index >= 15 is 0 Å². The van der Waals surface area contributed by atoms with Crippen LogP contribution in [0.2, 0.25) is 5.02 Å². The molecule has 3 aromatic rings. The maximum atomic E-state index is 13.2. The normalized spacial score (nSPS) is 14.7. The van der Waals surface area contributed by atoms with Crippen molar-refractivity contribution in [2.24, 2.45) is 0 Å². The maximum absolute atomic E-state index is 13.2. The van der Waals surface area contributed by atoms with Crippen LogP contribution in [0.4, 0.5) is 13.2 Å². The van der Waals surface area contributed by atoms with Gasteiger partial charge in [-0.3, -0.25) is 9.88 Å². The second-order valence-corrected chi connectivity index (χ2v) is 7.10. The van der Waals surface area contributed by atoms with E-state index in [2.05, 4.69) is 15.0 Å². The van der Waals surface area contributed by atoms with Gasteiger partial charge in [-0.05, 0) is 35.9 Å². The van der Waals surface area contributed by atoms with Gasteiger partial charge < -0.3 is 0 Å². The molecule has 0 unspecified atom stereocenters. The molecule has 0 atom stereocenters. The summed E-state index contributed by atoms with van der Waals surface area (Å²) >= 11 is 5.92. The van der Waals surface area contributed by atoms with Gasteiger partial charge in [-0.25, -0.2) is 9.97 Å². The lowest BCUT2D eigenvalue weighted by Crippen LogP contribution is -2.31. The summed E-state index contributed by atoms with van der Waals surface area (Å²) in [5.41, 5.74) is 2.28. The first-order valence-corrected chi connectivity index (χ1v) is 9.11. The van der Waals surface area contributed by atoms with Crippen LogP contribution >= 0.6 is 11.6 Å². The van der Waals surface area contributed by atoms with E-state index in [0.29, 0.717) is 30.4 Å². The standard InChI is InChI=1S/C20H16ClF3N4/c21-16-3-1-13(2-4-16)19-26-10-15-12-28(8-6-18(15)27-19)11-14-9-25-7-5-17(14)20(22,23)24/h1-5,7,9-10H,6,8,11-12H2. The summed E-state index contributed by atoms with van der Waals surface area (Å²) in [5, 5.41) is 0.644. The van der Waals surface area contributed by atoms with Gasteiger partial charge >= 0.3 is 6.18 Å². The van der Waals surface area contributed by atoms with Crippen LogP contribution in [-0.2, 0) is 25.7 Å². The Balaban J connectivity index is 1.53. The molecule has 1 aliphatic heterocycles. The van der Waals surface area contributed by atoms with Gasteiger partial charge in [0.1, 0.15) is 0 Å². The Hall–Kier alpha value is -2.51. The molecule has 8 heteroatoms. The average Bonchev–Trinajstić information content (AvgIpc) is 2.68. The molecule has 144 valence electrons. The Morgan fingerprint density at radius 3 is 2.61 bits per heavy atom. The highest BCUT2D eigenvalue weighted by molar-refractivity contribution is 6.30. The molecule has 1 aromatic carbocycles. The molecule has 0 fully saturated rings. The summed E-state index contributed by atoms with van der Waals surface area (Å²) in [4.78, 5) is 14.9. The lowest BCUT2D eigenvalue weighted by atomic mass is 10.0. The topological polar surface area (TPSA) is 41.9 Å². The van der Waals surface area contributed by atoms with Crippen molar-refractivity contribution >= 4 is 11.6 Å². The van der Waals surface area contributed by atoms with Crippen molar-refractivity contribution in [1.82, 2.24) is 19.9 Å². The Kier molecular flexibility index (Phi) is 5.03. The summed E-state index contributed by atoms with van der Waals surface area (Å²) in [6, 6.07) is 8.32. The van der Waals surface area contributed by atoms with Crippen LogP contribution in [0.1, 0.15) is 22.4 Å². The van der Waals surface area contributed by atoms with Crippen LogP contribution in [0, 0.1) is 0 Å². The summed E-state index contributed by atoms with van der Waals surface area (Å²) in [7, 11) is 0. The van der Waals surface area contributed by atoms with E-state index in [1.165, 1.54) is 12.4 Å². The lowest BCUT2D eigenvalue weighted by molar-refractivity contribution is -0.138. The quantitative estimate of drug-likeness (QED) is 0.630. The molecule has 0 amide bonds. The number of hydrogen-bond acceptors (Lipinski definition) is 4. The highest BCUT2D eigenvalue weighted by atomic mass is 35.5. The summed E-state index contributed by atoms with van der Waals surface area (Å²) in [6.45, 7) is 1.31. The predicted octanol–water partition coefficient (Wildman–Crippen LogP) is 4.77. The SMILES string of the molecule is FC(F)(F)c1ccncc1CN1CCc2nc(-c3ccc(Cl)cc3)ncc2C1. The third-order valence-corrected chi connectivity index (χ3v) is 4.97. The van der Waals surface area contributed by atoms with E-state index < -0.39 is 11.7 Å². The lowest BCUT2D eigenvalue weighted by Gasteiger charge is -2.28. The van der Waals surface area contributed by atoms with Gasteiger partial charge in [0.2, 0.25) is 0 Å². The number of pyridine rings is 1. The highest BCUT2D eigenvalue weighted by Gasteiger charge is 2.33. The molecule has 0 saturated heterocycles. The first kappa shape index (κ1) is 18.8. The minimum atomic E-state index is -4.39. The molecule has 28 heavy (non-hydrogen) atoms. The second-order valence-electron chi connectivity index (χ2n) is 6.66. The van der Waals surface area contributed by atoms with Crippen LogP contribution in [0.25, 0.3) is 11.4 Å². The van der Waals surface area contributed by atoms with Crippen molar-refractivity contribution in [2.75, 3.05) is 6.54 Å². The van der Waals surface area contributed by atoms with E-state index in [4.69, 9.17) is 11.6 Å². The zero-order chi connectivity index (χ0) is 19.7. The number of halogens is 4. The molecule has 0 radical (unpaired) electrons. The number of aromatic nitrogens is 3. The van der Waals surface area contributed by atoms with Gasteiger partial charge in [0.25, 0.3) is 0 Å². The number of fused-ring (bicyclic) bond motifs is 1. The molecule has 4 rings (SSSR count). The summed E-state index contributed by atoms with van der Waals surface area (Å²) in [6.07, 6.45) is 0.484. The number of alkyl halides is 3. The van der Waals surface area contributed by atoms with Gasteiger partial charge in [-0.2, -0.15) is 13.2 Å². The fourth-order valence-electron chi connectivity index (χ4n) is 3.32. The first-order chi connectivity index (χ1) is 13.4. The fourth-order valence-corrected chi connectivity index (χ4v) is 3.44. The van der Waals surface area contributed by atoms with Gasteiger partial charge in [-0.15, -0.1) is 0 Å². The maximum Gasteiger partial charge on any atom is 0.416 e. The van der Waals surface area contributed by atoms with Crippen molar-refractivity contribution in [1.29, 1.82) is 0 Å². The van der Waals surface area contributed by atoms with Crippen LogP contribution in [0.5, 0.6) is 0 Å². The molecule has 2 aromatic heterocycles. The molecular formula is C20H16ClF3N4. The van der Waals surface area contributed by atoms with Gasteiger partial charge in [0.05, 0.1) is 11.3 Å². The van der Waals surface area contributed by atoms with Crippen molar-refractivity contribution in [2.45, 2.75) is 25.7 Å². The predicted molar refractivity (Wildman–Crippen MR) is 99.5 cm³/mol. The van der Waals surface area contributed by atoms with Gasteiger partial charge in [0.15, 0.2) is 5.82 Å². The van der Waals surface area contributed by atoms with Crippen molar-refractivity contribution in [3.8, 4) is 11.4 Å². The molecule has 0 spiro atoms. The molecule has 3 heterocycles. The largest absolute Gasteiger partial charge is 0.416 e. The Morgan fingerprint density at radius 2 is 1.86 bits per heavy atom. The van der Waals surface area contributed by atoms with Crippen molar-refractivity contribution in [3.05, 3.63) is 76.3 Å². The third kappa shape index (κ3) is 4.00. The van der Waals surface area contributed by atoms with Crippen LogP contribution in [0.15, 0.2) is 48.9 Å². The van der Waals surface area contributed by atoms with E-state index in [1.54, 1.807) is 18.3 Å². The number of hydrogen-bond donors (Lipinski definition) is 0. The van der Waals surface area contributed by atoms with Crippen molar-refractivity contribution < 1.29 is 13.2 Å². The fraction of sp³-hybridized carbons (Fsp3) is 0.250. The molecule has 4 nitrogen and oxygen atoms in total. The summed E-state index contributed by atoms with van der Waals surface area (Å²) < 4.78 is 39.6. The van der Waals surface area contributed by atoms with E-state index in [0.717, 1.165) is 22.9 Å². The van der Waals surface area contributed by atoms with Gasteiger partial charge in [-0.1, -0.05) is 11.6 Å². The molecule has 0 aliphatic carbocycles. The zero-order valence-corrected chi connectivity index (χ0v) is 15.5. The third-order valence-electron chi connectivity index (χ3n) is 4.72.